The van der Waals surface area contributed by atoms with Gasteiger partial charge >= 0.3 is 6.09 Å². The minimum atomic E-state index is -0.460. The zero-order valence-electron chi connectivity index (χ0n) is 11.9. The fraction of sp³-hybridized carbons (Fsp3) is 0.533. The largest absolute Gasteiger partial charge is 0.453 e. The Bertz CT molecular complexity index is 480. The van der Waals surface area contributed by atoms with Gasteiger partial charge in [0.25, 0.3) is 0 Å². The van der Waals surface area contributed by atoms with E-state index in [1.54, 1.807) is 0 Å². The fourth-order valence-electron chi connectivity index (χ4n) is 2.79. The summed E-state index contributed by atoms with van der Waals surface area (Å²) < 4.78 is 21.7. The Kier molecular flexibility index (Phi) is 4.38. The van der Waals surface area contributed by atoms with Gasteiger partial charge in [0, 0.05) is 0 Å². The molecule has 2 aliphatic heterocycles. The Labute approximate surface area is 123 Å². The molecule has 21 heavy (non-hydrogen) atoms. The molecule has 2 aliphatic rings. The molecule has 1 N–H and O–H groups in total. The maximum absolute atomic E-state index is 11.4. The number of benzene rings is 1. The molecule has 2 heterocycles. The van der Waals surface area contributed by atoms with Crippen LogP contribution < -0.4 is 5.32 Å². The highest BCUT2D eigenvalue weighted by atomic mass is 16.7. The van der Waals surface area contributed by atoms with Gasteiger partial charge in [0.15, 0.2) is 6.29 Å². The first-order chi connectivity index (χ1) is 10.3. The number of amides is 1. The van der Waals surface area contributed by atoms with Crippen molar-refractivity contribution in [2.24, 2.45) is 5.92 Å². The standard InChI is InChI=1S/C15H19NO5/c1-18-15(17)16-11-8-20-14-13(11)12(9-21-14)19-7-10-5-3-2-4-6-10/h2-6,11-14H,7-9H2,1H3,(H,16,17)/t11-,12-,13-,14+/m0/s1. The normalized spacial score (nSPS) is 30.9. The summed E-state index contributed by atoms with van der Waals surface area (Å²) in [7, 11) is 1.34. The predicted octanol–water partition coefficient (Wildman–Crippen LogP) is 1.30. The highest BCUT2D eigenvalue weighted by molar-refractivity contribution is 5.67. The Morgan fingerprint density at radius 2 is 2.05 bits per heavy atom. The minimum Gasteiger partial charge on any atom is -0.453 e. The third kappa shape index (κ3) is 3.18. The zero-order valence-corrected chi connectivity index (χ0v) is 11.9. The van der Waals surface area contributed by atoms with Crippen molar-refractivity contribution in [3.05, 3.63) is 35.9 Å². The number of fused-ring (bicyclic) bond motifs is 1. The van der Waals surface area contributed by atoms with Gasteiger partial charge in [-0.15, -0.1) is 0 Å². The maximum Gasteiger partial charge on any atom is 0.407 e. The van der Waals surface area contributed by atoms with Crippen molar-refractivity contribution in [3.8, 4) is 0 Å². The van der Waals surface area contributed by atoms with Crippen LogP contribution in [0.25, 0.3) is 0 Å². The summed E-state index contributed by atoms with van der Waals surface area (Å²) in [5, 5.41) is 2.78. The lowest BCUT2D eigenvalue weighted by atomic mass is 9.98. The molecule has 0 saturated carbocycles. The molecular formula is C15H19NO5. The molecule has 4 atom stereocenters. The molecule has 1 aromatic rings. The number of ether oxygens (including phenoxy) is 4. The quantitative estimate of drug-likeness (QED) is 0.906. The van der Waals surface area contributed by atoms with Gasteiger partial charge in [0.2, 0.25) is 0 Å². The van der Waals surface area contributed by atoms with Crippen LogP contribution in [0, 0.1) is 5.92 Å². The molecule has 114 valence electrons. The summed E-state index contributed by atoms with van der Waals surface area (Å²) in [6.07, 6.45) is -0.870. The molecule has 1 amide bonds. The van der Waals surface area contributed by atoms with Crippen LogP contribution in [0.2, 0.25) is 0 Å². The summed E-state index contributed by atoms with van der Waals surface area (Å²) in [6, 6.07) is 9.82. The summed E-state index contributed by atoms with van der Waals surface area (Å²) in [6.45, 7) is 1.40. The third-order valence-corrected chi connectivity index (χ3v) is 3.87. The first-order valence-corrected chi connectivity index (χ1v) is 7.01. The lowest BCUT2D eigenvalue weighted by Crippen LogP contribution is -2.44. The van der Waals surface area contributed by atoms with Gasteiger partial charge < -0.3 is 24.3 Å². The van der Waals surface area contributed by atoms with E-state index in [0.717, 1.165) is 5.56 Å². The van der Waals surface area contributed by atoms with Crippen LogP contribution in [-0.2, 0) is 25.6 Å². The van der Waals surface area contributed by atoms with E-state index in [0.29, 0.717) is 19.8 Å². The van der Waals surface area contributed by atoms with Crippen LogP contribution >= 0.6 is 0 Å². The molecule has 2 saturated heterocycles. The Balaban J connectivity index is 1.59. The van der Waals surface area contributed by atoms with E-state index in [4.69, 9.17) is 14.2 Å². The Morgan fingerprint density at radius 1 is 1.29 bits per heavy atom. The number of methoxy groups -OCH3 is 1. The molecule has 0 aromatic heterocycles. The number of hydrogen-bond donors (Lipinski definition) is 1. The van der Waals surface area contributed by atoms with Gasteiger partial charge in [-0.1, -0.05) is 30.3 Å². The molecule has 0 radical (unpaired) electrons. The molecule has 2 fully saturated rings. The van der Waals surface area contributed by atoms with Gasteiger partial charge in [-0.2, -0.15) is 0 Å². The first kappa shape index (κ1) is 14.3. The van der Waals surface area contributed by atoms with Crippen molar-refractivity contribution in [2.75, 3.05) is 20.3 Å². The van der Waals surface area contributed by atoms with Crippen molar-refractivity contribution < 1.29 is 23.7 Å². The average Bonchev–Trinajstić information content (AvgIpc) is 3.09. The summed E-state index contributed by atoms with van der Waals surface area (Å²) >= 11 is 0. The molecule has 1 aromatic carbocycles. The number of nitrogens with one attached hydrogen (secondary N) is 1. The van der Waals surface area contributed by atoms with E-state index in [-0.39, 0.29) is 24.4 Å². The fourth-order valence-corrected chi connectivity index (χ4v) is 2.79. The summed E-state index contributed by atoms with van der Waals surface area (Å²) in [5.74, 6) is -0.00666. The SMILES string of the molecule is COC(=O)N[C@H]1CO[C@@H]2OC[C@H](OCc3ccccc3)[C@@H]21. The zero-order chi connectivity index (χ0) is 14.7. The van der Waals surface area contributed by atoms with Gasteiger partial charge in [-0.3, -0.25) is 0 Å². The van der Waals surface area contributed by atoms with Crippen LogP contribution in [0.4, 0.5) is 4.79 Å². The second-order valence-corrected chi connectivity index (χ2v) is 5.19. The van der Waals surface area contributed by atoms with Crippen molar-refractivity contribution in [1.82, 2.24) is 5.32 Å². The lowest BCUT2D eigenvalue weighted by molar-refractivity contribution is -0.0910. The minimum absolute atomic E-state index is 0.00666. The maximum atomic E-state index is 11.4. The summed E-state index contributed by atoms with van der Waals surface area (Å²) in [4.78, 5) is 11.4. The van der Waals surface area contributed by atoms with Crippen LogP contribution in [0.3, 0.4) is 0 Å². The number of hydrogen-bond acceptors (Lipinski definition) is 5. The summed E-state index contributed by atoms with van der Waals surface area (Å²) in [5.41, 5.74) is 1.11. The van der Waals surface area contributed by atoms with Gasteiger partial charge in [-0.25, -0.2) is 4.79 Å². The lowest BCUT2D eigenvalue weighted by Gasteiger charge is -2.22. The Hall–Kier alpha value is -1.63. The number of rotatable bonds is 4. The van der Waals surface area contributed by atoms with E-state index in [1.807, 2.05) is 30.3 Å². The van der Waals surface area contributed by atoms with E-state index >= 15 is 0 Å². The van der Waals surface area contributed by atoms with Gasteiger partial charge in [-0.05, 0) is 5.56 Å². The van der Waals surface area contributed by atoms with Crippen LogP contribution in [0.5, 0.6) is 0 Å². The van der Waals surface area contributed by atoms with Crippen LogP contribution in [0.1, 0.15) is 5.56 Å². The van der Waals surface area contributed by atoms with E-state index in [1.165, 1.54) is 7.11 Å². The molecule has 3 rings (SSSR count). The van der Waals surface area contributed by atoms with E-state index < -0.39 is 6.09 Å². The smallest absolute Gasteiger partial charge is 0.407 e. The third-order valence-electron chi connectivity index (χ3n) is 3.87. The predicted molar refractivity (Wildman–Crippen MR) is 73.5 cm³/mol. The Morgan fingerprint density at radius 3 is 2.81 bits per heavy atom. The number of carbonyl (C=O) groups is 1. The monoisotopic (exact) mass is 293 g/mol. The van der Waals surface area contributed by atoms with Crippen molar-refractivity contribution in [1.29, 1.82) is 0 Å². The number of carbonyl (C=O) groups excluding carboxylic acids is 1. The molecule has 0 bridgehead atoms. The average molecular weight is 293 g/mol. The highest BCUT2D eigenvalue weighted by Gasteiger charge is 2.49. The molecule has 6 nitrogen and oxygen atoms in total. The van der Waals surface area contributed by atoms with Gasteiger partial charge in [0.05, 0.1) is 45.0 Å². The van der Waals surface area contributed by atoms with E-state index in [9.17, 15) is 4.79 Å². The van der Waals surface area contributed by atoms with Crippen molar-refractivity contribution >= 4 is 6.09 Å². The van der Waals surface area contributed by atoms with Crippen molar-refractivity contribution in [3.63, 3.8) is 0 Å². The molecule has 0 unspecified atom stereocenters. The molecular weight excluding hydrogens is 274 g/mol. The van der Waals surface area contributed by atoms with Crippen LogP contribution in [-0.4, -0.2) is 44.9 Å². The topological polar surface area (TPSA) is 66.0 Å². The second kappa shape index (κ2) is 6.43. The molecule has 0 aliphatic carbocycles. The van der Waals surface area contributed by atoms with Crippen molar-refractivity contribution in [2.45, 2.75) is 25.0 Å². The van der Waals surface area contributed by atoms with Gasteiger partial charge in [0.1, 0.15) is 0 Å². The number of alkyl carbamates (subject to hydrolysis) is 1. The second-order valence-electron chi connectivity index (χ2n) is 5.19. The molecule has 6 heteroatoms. The van der Waals surface area contributed by atoms with E-state index in [2.05, 4.69) is 10.1 Å². The molecule has 0 spiro atoms. The van der Waals surface area contributed by atoms with Crippen LogP contribution in [0.15, 0.2) is 30.3 Å². The first-order valence-electron chi connectivity index (χ1n) is 7.01. The highest BCUT2D eigenvalue weighted by Crippen LogP contribution is 2.33.